The zero-order chi connectivity index (χ0) is 76.4. The summed E-state index contributed by atoms with van der Waals surface area (Å²) in [5.41, 5.74) is 26.1. The van der Waals surface area contributed by atoms with E-state index in [2.05, 4.69) is 223 Å². The van der Waals surface area contributed by atoms with E-state index in [9.17, 15) is 9.90 Å². The van der Waals surface area contributed by atoms with Gasteiger partial charge in [0.1, 0.15) is 5.58 Å². The molecule has 8 aromatic carbocycles. The van der Waals surface area contributed by atoms with Crippen LogP contribution in [-0.4, -0.2) is 35.8 Å². The number of aliphatic hydroxyl groups is 1. The van der Waals surface area contributed by atoms with Crippen molar-refractivity contribution in [2.45, 2.75) is 147 Å². The molecule has 0 spiro atoms. The fourth-order valence-corrected chi connectivity index (χ4v) is 13.2. The summed E-state index contributed by atoms with van der Waals surface area (Å²) >= 11 is 0. The smallest absolute Gasteiger partial charge is 0.159 e. The van der Waals surface area contributed by atoms with E-state index in [1.165, 1.54) is 61.5 Å². The minimum Gasteiger partial charge on any atom is -0.512 e. The monoisotopic (exact) mass is 2180 g/mol. The number of nitrogens with zero attached hydrogens (tertiary/aromatic N) is 5. The third kappa shape index (κ3) is 24.9. The molecule has 580 valence electrons. The van der Waals surface area contributed by atoms with Crippen molar-refractivity contribution in [1.82, 2.24) is 24.9 Å². The Bertz CT molecular complexity index is 5220. The molecular formula is C99H100Ir4N5O3-5. The zero-order valence-corrected chi connectivity index (χ0v) is 76.0. The first kappa shape index (κ1) is 91.3. The molecule has 0 atom stereocenters. The number of aryl methyl sites for hydroxylation is 3. The van der Waals surface area contributed by atoms with Crippen LogP contribution in [0.2, 0.25) is 0 Å². The standard InChI is InChI=1S/C30H30N.C20H16NO.C15H16N.C12H10N.C11H8N.C11H20O2.4Ir/c1-18(2)11-21-15-28(22-13-19(3)12-20(4)14-22)31-29-17-27-25(16-24(21)29)23-9-7-8-10-26(23)30(27,5)6;1-13(2)14-7-5-8-15-16-9-6-10-17(20(16)22-19(14)15)18-11-3-4-12-21-18;1-15(2,3)13-9-10-16-14(11-13)12-7-5-4-6-8-12;1-10-7-8-12(13-9-10)11-5-3-2-4-6-11;1-2-6-10(7-3-1)11-8-4-5-9-12-11;1-8(2)5-10(12)7-11(13)6-9(3)4;;;;/h7-10,12-13,15-18H,11H2,1-6H3;3-9,11-13H,1-2H3;4-7,9-11H,1-3H3;2-5,7-9H,1H3;1-6,8-9H;7-9,12H,5-6H2,1-4H3;;;;/q5*-1;;;;;. The Balaban J connectivity index is 0.000000214. The second kappa shape index (κ2) is 42.9. The van der Waals surface area contributed by atoms with Gasteiger partial charge in [-0.2, -0.15) is 0 Å². The molecule has 0 fully saturated rings. The van der Waals surface area contributed by atoms with E-state index in [0.29, 0.717) is 36.5 Å². The van der Waals surface area contributed by atoms with Crippen LogP contribution in [0.15, 0.2) is 259 Å². The number of aliphatic hydroxyl groups excluding tert-OH is 1. The molecule has 1 N–H and O–H groups in total. The van der Waals surface area contributed by atoms with Gasteiger partial charge in [0.25, 0.3) is 0 Å². The molecule has 0 saturated heterocycles. The Labute approximate surface area is 713 Å². The van der Waals surface area contributed by atoms with Crippen molar-refractivity contribution in [3.63, 3.8) is 0 Å². The molecule has 111 heavy (non-hydrogen) atoms. The maximum atomic E-state index is 11.2. The molecule has 8 nitrogen and oxygen atoms in total. The maximum Gasteiger partial charge on any atom is 0.159 e. The van der Waals surface area contributed by atoms with Crippen LogP contribution in [0, 0.1) is 68.9 Å². The summed E-state index contributed by atoms with van der Waals surface area (Å²) in [5.74, 6) is 1.98. The van der Waals surface area contributed by atoms with Crippen LogP contribution < -0.4 is 0 Å². The van der Waals surface area contributed by atoms with Crippen LogP contribution in [0.25, 0.3) is 100 Å². The number of furan rings is 1. The van der Waals surface area contributed by atoms with E-state index >= 15 is 0 Å². The molecule has 0 aliphatic heterocycles. The molecule has 12 heteroatoms. The molecule has 6 aromatic heterocycles. The van der Waals surface area contributed by atoms with Gasteiger partial charge < -0.3 is 29.5 Å². The number of hydrogen-bond donors (Lipinski definition) is 1. The summed E-state index contributed by atoms with van der Waals surface area (Å²) in [6.07, 6.45) is 10.8. The van der Waals surface area contributed by atoms with Crippen molar-refractivity contribution >= 4 is 38.6 Å². The van der Waals surface area contributed by atoms with E-state index in [0.717, 1.165) is 95.7 Å². The van der Waals surface area contributed by atoms with Gasteiger partial charge in [-0.3, -0.25) is 9.78 Å². The van der Waals surface area contributed by atoms with Crippen molar-refractivity contribution in [2.75, 3.05) is 0 Å². The van der Waals surface area contributed by atoms with Gasteiger partial charge in [-0.25, -0.2) is 0 Å². The van der Waals surface area contributed by atoms with E-state index in [1.54, 1.807) is 12.4 Å². The summed E-state index contributed by atoms with van der Waals surface area (Å²) in [6.45, 7) is 34.5. The molecule has 0 unspecified atom stereocenters. The largest absolute Gasteiger partial charge is 0.512 e. The number of hydrogen-bond acceptors (Lipinski definition) is 8. The minimum atomic E-state index is -0.0118. The van der Waals surface area contributed by atoms with Crippen molar-refractivity contribution < 1.29 is 94.7 Å². The van der Waals surface area contributed by atoms with Crippen LogP contribution in [0.4, 0.5) is 0 Å². The van der Waals surface area contributed by atoms with Gasteiger partial charge in [0.15, 0.2) is 5.78 Å². The van der Waals surface area contributed by atoms with Crippen LogP contribution >= 0.6 is 0 Å². The second-order valence-electron chi connectivity index (χ2n) is 30.6. The molecule has 0 amide bonds. The molecule has 0 bridgehead atoms. The van der Waals surface area contributed by atoms with Crippen LogP contribution in [0.1, 0.15) is 153 Å². The van der Waals surface area contributed by atoms with Gasteiger partial charge in [0.2, 0.25) is 0 Å². The number of carbonyl (C=O) groups is 1. The molecule has 0 saturated carbocycles. The number of carbonyl (C=O) groups excluding carboxylic acids is 1. The Morgan fingerprint density at radius 2 is 1.07 bits per heavy atom. The average molecular weight is 2180 g/mol. The number of ketones is 1. The van der Waals surface area contributed by atoms with E-state index in [4.69, 9.17) is 9.40 Å². The quantitative estimate of drug-likeness (QED) is 0.0690. The van der Waals surface area contributed by atoms with Gasteiger partial charge in [0.05, 0.1) is 16.9 Å². The summed E-state index contributed by atoms with van der Waals surface area (Å²) in [6, 6.07) is 90.6. The zero-order valence-electron chi connectivity index (χ0n) is 66.4. The average Bonchev–Trinajstić information content (AvgIpc) is 1.58. The Morgan fingerprint density at radius 1 is 0.486 bits per heavy atom. The molecule has 4 radical (unpaired) electrons. The normalized spacial score (nSPS) is 11.6. The maximum absolute atomic E-state index is 11.2. The fraction of sp³-hybridized carbons (Fsp3) is 0.253. The van der Waals surface area contributed by atoms with E-state index in [-0.39, 0.29) is 103 Å². The third-order valence-electron chi connectivity index (χ3n) is 18.4. The summed E-state index contributed by atoms with van der Waals surface area (Å²) in [4.78, 5) is 33.7. The SMILES string of the molecule is CC(C)(C)c1ccnc(-c2[c-]cccc2)c1.CC(C)CC(=O)C=C(O)CC(C)C.CC(C)c1cccc2c1oc1c(-c3ccccn3)[c-]ccc12.Cc1[c-]c(-c2cc(CC(C)C)c3cc4c(cc3n2)C(C)(C)c2ccccc2-4)cc(C)c1.Cc1ccc(-c2[c-]cccc2)nc1.[Ir].[Ir].[Ir].[Ir].[c-]1ccccc1-c1ccccn1. The van der Waals surface area contributed by atoms with E-state index < -0.39 is 0 Å². The van der Waals surface area contributed by atoms with Crippen LogP contribution in [-0.2, 0) is 102 Å². The van der Waals surface area contributed by atoms with Gasteiger partial charge >= 0.3 is 0 Å². The van der Waals surface area contributed by atoms with Gasteiger partial charge in [0, 0.05) is 140 Å². The molecule has 1 aliphatic rings. The molecule has 14 aromatic rings. The predicted molar refractivity (Wildman–Crippen MR) is 445 cm³/mol. The number of rotatable bonds is 13. The van der Waals surface area contributed by atoms with Crippen molar-refractivity contribution in [3.8, 4) is 67.4 Å². The molecule has 15 rings (SSSR count). The number of aromatic nitrogens is 5. The van der Waals surface area contributed by atoms with Crippen LogP contribution in [0.3, 0.4) is 0 Å². The third-order valence-corrected chi connectivity index (χ3v) is 18.4. The summed E-state index contributed by atoms with van der Waals surface area (Å²) in [5, 5.41) is 12.9. The molecular weight excluding hydrogens is 2080 g/mol. The van der Waals surface area contributed by atoms with Gasteiger partial charge in [-0.15, -0.1) is 161 Å². The van der Waals surface area contributed by atoms with E-state index in [1.807, 2.05) is 168 Å². The van der Waals surface area contributed by atoms with Crippen molar-refractivity contribution in [2.24, 2.45) is 17.8 Å². The molecule has 6 heterocycles. The second-order valence-corrected chi connectivity index (χ2v) is 30.6. The Kier molecular flexibility index (Phi) is 35.2. The number of benzene rings is 8. The molecule has 1 aliphatic carbocycles. The van der Waals surface area contributed by atoms with Crippen molar-refractivity contribution in [1.29, 1.82) is 0 Å². The predicted octanol–water partition coefficient (Wildman–Crippen LogP) is 25.7. The number of pyridine rings is 5. The fourth-order valence-electron chi connectivity index (χ4n) is 13.2. The minimum absolute atomic E-state index is 0. The first-order chi connectivity index (χ1) is 51.3. The van der Waals surface area contributed by atoms with Gasteiger partial charge in [-0.05, 0) is 146 Å². The van der Waals surface area contributed by atoms with Crippen LogP contribution in [0.5, 0.6) is 0 Å². The first-order valence-electron chi connectivity index (χ1n) is 37.3. The summed E-state index contributed by atoms with van der Waals surface area (Å²) < 4.78 is 6.26. The Hall–Kier alpha value is -8.62. The van der Waals surface area contributed by atoms with Gasteiger partial charge in [-0.1, -0.05) is 206 Å². The Morgan fingerprint density at radius 3 is 1.63 bits per heavy atom. The number of para-hydroxylation sites is 1. The number of fused-ring (bicyclic) bond motifs is 7. The topological polar surface area (TPSA) is 115 Å². The number of allylic oxidation sites excluding steroid dienone is 2. The van der Waals surface area contributed by atoms with Crippen molar-refractivity contribution in [3.05, 3.63) is 330 Å². The summed E-state index contributed by atoms with van der Waals surface area (Å²) in [7, 11) is 0. The first-order valence-corrected chi connectivity index (χ1v) is 37.3.